The largest absolute Gasteiger partial charge is 0.346 e. The van der Waals surface area contributed by atoms with Gasteiger partial charge < -0.3 is 0 Å². The summed E-state index contributed by atoms with van der Waals surface area (Å²) in [5.74, 6) is -0.543. The van der Waals surface area contributed by atoms with Crippen LogP contribution in [0.3, 0.4) is 0 Å². The van der Waals surface area contributed by atoms with Crippen molar-refractivity contribution in [3.63, 3.8) is 0 Å². The number of hydrogen-bond acceptors (Lipinski definition) is 3. The van der Waals surface area contributed by atoms with Crippen LogP contribution in [-0.2, 0) is 13.6 Å². The van der Waals surface area contributed by atoms with Crippen LogP contribution < -0.4 is 5.69 Å². The molecule has 25 heavy (non-hydrogen) atoms. The molecule has 0 aliphatic rings. The van der Waals surface area contributed by atoms with Gasteiger partial charge in [-0.2, -0.15) is 0 Å². The van der Waals surface area contributed by atoms with Gasteiger partial charge in [0.1, 0.15) is 5.15 Å². The SMILES string of the molecule is Cc1ccc(-c2cccc(Cl)n2)cc1Cn1c(C(F)F)nn(C)c1=O. The summed E-state index contributed by atoms with van der Waals surface area (Å²) in [4.78, 5) is 16.4. The maximum absolute atomic E-state index is 13.2. The Morgan fingerprint density at radius 1 is 1.24 bits per heavy atom. The summed E-state index contributed by atoms with van der Waals surface area (Å²) in [6.45, 7) is 1.86. The maximum atomic E-state index is 13.2. The molecule has 0 N–H and O–H groups in total. The molecule has 0 amide bonds. The van der Waals surface area contributed by atoms with Gasteiger partial charge in [-0.05, 0) is 36.2 Å². The van der Waals surface area contributed by atoms with E-state index >= 15 is 0 Å². The minimum Gasteiger partial charge on any atom is -0.270 e. The fourth-order valence-electron chi connectivity index (χ4n) is 2.57. The standard InChI is InChI=1S/C17H15ClF2N4O/c1-10-6-7-11(13-4-3-5-14(18)21-13)8-12(10)9-24-16(15(19)20)22-23(2)17(24)25/h3-8,15H,9H2,1-2H3. The van der Waals surface area contributed by atoms with Gasteiger partial charge in [-0.15, -0.1) is 5.10 Å². The van der Waals surface area contributed by atoms with Crippen molar-refractivity contribution in [2.45, 2.75) is 19.9 Å². The minimum atomic E-state index is -2.83. The lowest BCUT2D eigenvalue weighted by atomic mass is 10.0. The molecule has 0 saturated carbocycles. The van der Waals surface area contributed by atoms with Gasteiger partial charge in [0.25, 0.3) is 6.43 Å². The van der Waals surface area contributed by atoms with E-state index in [0.717, 1.165) is 25.9 Å². The second-order valence-electron chi connectivity index (χ2n) is 5.64. The van der Waals surface area contributed by atoms with E-state index in [-0.39, 0.29) is 6.54 Å². The fraction of sp³-hybridized carbons (Fsp3) is 0.235. The van der Waals surface area contributed by atoms with Crippen LogP contribution in [0.4, 0.5) is 8.78 Å². The van der Waals surface area contributed by atoms with E-state index in [1.165, 1.54) is 7.05 Å². The van der Waals surface area contributed by atoms with E-state index in [2.05, 4.69) is 10.1 Å². The number of pyridine rings is 1. The lowest BCUT2D eigenvalue weighted by molar-refractivity contribution is 0.134. The fourth-order valence-corrected chi connectivity index (χ4v) is 2.74. The van der Waals surface area contributed by atoms with E-state index in [1.54, 1.807) is 18.2 Å². The Bertz CT molecular complexity index is 981. The molecule has 0 spiro atoms. The van der Waals surface area contributed by atoms with Gasteiger partial charge in [0, 0.05) is 12.6 Å². The molecule has 2 heterocycles. The lowest BCUT2D eigenvalue weighted by Crippen LogP contribution is -2.24. The van der Waals surface area contributed by atoms with Crippen LogP contribution >= 0.6 is 11.6 Å². The van der Waals surface area contributed by atoms with Crippen LogP contribution in [0.1, 0.15) is 23.4 Å². The summed E-state index contributed by atoms with van der Waals surface area (Å²) in [7, 11) is 1.35. The Morgan fingerprint density at radius 3 is 2.68 bits per heavy atom. The third-order valence-electron chi connectivity index (χ3n) is 3.92. The summed E-state index contributed by atoms with van der Waals surface area (Å²) in [5, 5.41) is 3.98. The quantitative estimate of drug-likeness (QED) is 0.665. The zero-order chi connectivity index (χ0) is 18.1. The van der Waals surface area contributed by atoms with Gasteiger partial charge in [0.15, 0.2) is 0 Å². The van der Waals surface area contributed by atoms with Gasteiger partial charge in [-0.1, -0.05) is 29.8 Å². The molecule has 3 rings (SSSR count). The summed E-state index contributed by atoms with van der Waals surface area (Å²) in [6, 6.07) is 10.8. The molecule has 0 atom stereocenters. The lowest BCUT2D eigenvalue weighted by Gasteiger charge is -2.11. The van der Waals surface area contributed by atoms with E-state index in [4.69, 9.17) is 11.6 Å². The molecular formula is C17H15ClF2N4O. The Hall–Kier alpha value is -2.54. The van der Waals surface area contributed by atoms with E-state index < -0.39 is 17.9 Å². The highest BCUT2D eigenvalue weighted by Gasteiger charge is 2.20. The Labute approximate surface area is 147 Å². The van der Waals surface area contributed by atoms with Crippen molar-refractivity contribution in [1.82, 2.24) is 19.3 Å². The zero-order valence-corrected chi connectivity index (χ0v) is 14.3. The molecule has 5 nitrogen and oxygen atoms in total. The summed E-state index contributed by atoms with van der Waals surface area (Å²) in [5.41, 5.74) is 2.49. The van der Waals surface area contributed by atoms with Crippen LogP contribution in [0.5, 0.6) is 0 Å². The summed E-state index contributed by atoms with van der Waals surface area (Å²) in [6.07, 6.45) is -2.83. The number of aromatic nitrogens is 4. The predicted octanol–water partition coefficient (Wildman–Crippen LogP) is 3.59. The monoisotopic (exact) mass is 364 g/mol. The highest BCUT2D eigenvalue weighted by Crippen LogP contribution is 2.23. The minimum absolute atomic E-state index is 0.00653. The predicted molar refractivity (Wildman–Crippen MR) is 90.9 cm³/mol. The molecule has 0 aliphatic heterocycles. The molecule has 0 bridgehead atoms. The first kappa shape index (κ1) is 17.3. The zero-order valence-electron chi connectivity index (χ0n) is 13.6. The number of halogens is 3. The second kappa shape index (κ2) is 6.76. The first-order chi connectivity index (χ1) is 11.9. The third kappa shape index (κ3) is 3.46. The summed E-state index contributed by atoms with van der Waals surface area (Å²) >= 11 is 5.92. The van der Waals surface area contributed by atoms with Crippen molar-refractivity contribution in [2.24, 2.45) is 7.05 Å². The first-order valence-corrected chi connectivity index (χ1v) is 7.89. The smallest absolute Gasteiger partial charge is 0.270 e. The van der Waals surface area contributed by atoms with Crippen molar-refractivity contribution >= 4 is 11.6 Å². The molecule has 0 fully saturated rings. The maximum Gasteiger partial charge on any atom is 0.346 e. The molecule has 1 aromatic carbocycles. The van der Waals surface area contributed by atoms with Gasteiger partial charge in [-0.25, -0.2) is 23.2 Å². The number of aryl methyl sites for hydroxylation is 2. The Kier molecular flexibility index (Phi) is 4.67. The number of benzene rings is 1. The third-order valence-corrected chi connectivity index (χ3v) is 4.13. The van der Waals surface area contributed by atoms with Gasteiger partial charge in [-0.3, -0.25) is 4.57 Å². The molecule has 130 valence electrons. The van der Waals surface area contributed by atoms with Crippen molar-refractivity contribution in [2.75, 3.05) is 0 Å². The molecule has 0 aliphatic carbocycles. The molecular weight excluding hydrogens is 350 g/mol. The van der Waals surface area contributed by atoms with E-state index in [1.807, 2.05) is 25.1 Å². The van der Waals surface area contributed by atoms with Gasteiger partial charge in [0.2, 0.25) is 5.82 Å². The molecule has 0 unspecified atom stereocenters. The van der Waals surface area contributed by atoms with Crippen LogP contribution in [0.15, 0.2) is 41.2 Å². The topological polar surface area (TPSA) is 52.7 Å². The normalized spacial score (nSPS) is 11.3. The van der Waals surface area contributed by atoms with Crippen LogP contribution in [0.25, 0.3) is 11.3 Å². The highest BCUT2D eigenvalue weighted by atomic mass is 35.5. The Morgan fingerprint density at radius 2 is 2.00 bits per heavy atom. The first-order valence-electron chi connectivity index (χ1n) is 7.51. The number of alkyl halides is 2. The second-order valence-corrected chi connectivity index (χ2v) is 6.03. The number of hydrogen-bond donors (Lipinski definition) is 0. The van der Waals surface area contributed by atoms with Gasteiger partial charge >= 0.3 is 5.69 Å². The molecule has 0 saturated heterocycles. The average Bonchev–Trinajstić information content (AvgIpc) is 2.85. The molecule has 8 heteroatoms. The Balaban J connectivity index is 2.05. The highest BCUT2D eigenvalue weighted by molar-refractivity contribution is 6.29. The number of nitrogens with zero attached hydrogens (tertiary/aromatic N) is 4. The van der Waals surface area contributed by atoms with Gasteiger partial charge in [0.05, 0.1) is 12.2 Å². The van der Waals surface area contributed by atoms with Crippen LogP contribution in [-0.4, -0.2) is 19.3 Å². The average molecular weight is 365 g/mol. The summed E-state index contributed by atoms with van der Waals surface area (Å²) < 4.78 is 28.2. The van der Waals surface area contributed by atoms with Crippen LogP contribution in [0, 0.1) is 6.92 Å². The molecule has 2 aromatic heterocycles. The van der Waals surface area contributed by atoms with Crippen molar-refractivity contribution < 1.29 is 8.78 Å². The number of rotatable bonds is 4. The molecule has 3 aromatic rings. The molecule has 0 radical (unpaired) electrons. The van der Waals surface area contributed by atoms with Crippen molar-refractivity contribution in [1.29, 1.82) is 0 Å². The van der Waals surface area contributed by atoms with E-state index in [9.17, 15) is 13.6 Å². The van der Waals surface area contributed by atoms with Crippen LogP contribution in [0.2, 0.25) is 5.15 Å². The van der Waals surface area contributed by atoms with E-state index in [0.29, 0.717) is 10.8 Å². The van der Waals surface area contributed by atoms with Crippen molar-refractivity contribution in [3.8, 4) is 11.3 Å². The van der Waals surface area contributed by atoms with Crippen molar-refractivity contribution in [3.05, 3.63) is 69.0 Å².